The number of rotatable bonds is 8. The van der Waals surface area contributed by atoms with Crippen LogP contribution < -0.4 is 5.32 Å². The Balaban J connectivity index is 3.28. The van der Waals surface area contributed by atoms with E-state index < -0.39 is 5.60 Å². The maximum atomic E-state index is 11.2. The first-order valence-corrected chi connectivity index (χ1v) is 5.06. The van der Waals surface area contributed by atoms with Crippen molar-refractivity contribution in [3.8, 4) is 0 Å². The van der Waals surface area contributed by atoms with Gasteiger partial charge in [0.1, 0.15) is 5.60 Å². The second kappa shape index (κ2) is 7.62. The number of hydrogen-bond donors (Lipinski definition) is 2. The molecule has 0 spiro atoms. The van der Waals surface area contributed by atoms with Crippen molar-refractivity contribution < 1.29 is 19.4 Å². The van der Waals surface area contributed by atoms with E-state index in [1.165, 1.54) is 13.8 Å². The Morgan fingerprint density at radius 1 is 1.33 bits per heavy atom. The highest BCUT2D eigenvalue weighted by Gasteiger charge is 2.22. The van der Waals surface area contributed by atoms with Gasteiger partial charge in [0.15, 0.2) is 0 Å². The van der Waals surface area contributed by atoms with Gasteiger partial charge in [-0.15, -0.1) is 0 Å². The van der Waals surface area contributed by atoms with Gasteiger partial charge in [0.25, 0.3) is 5.91 Å². The van der Waals surface area contributed by atoms with Gasteiger partial charge in [0.05, 0.1) is 13.2 Å². The van der Waals surface area contributed by atoms with E-state index >= 15 is 0 Å². The van der Waals surface area contributed by atoms with E-state index in [4.69, 9.17) is 9.47 Å². The first-order valence-electron chi connectivity index (χ1n) is 5.06. The summed E-state index contributed by atoms with van der Waals surface area (Å²) in [6.07, 6.45) is 0.728. The Labute approximate surface area is 90.8 Å². The predicted molar refractivity (Wildman–Crippen MR) is 56.6 cm³/mol. The normalized spacial score (nSPS) is 11.5. The first-order chi connectivity index (χ1) is 6.98. The second-order valence-electron chi connectivity index (χ2n) is 3.77. The van der Waals surface area contributed by atoms with Crippen molar-refractivity contribution in [1.82, 2.24) is 5.32 Å². The minimum atomic E-state index is -1.31. The molecule has 2 N–H and O–H groups in total. The molecule has 0 aromatic heterocycles. The van der Waals surface area contributed by atoms with Gasteiger partial charge in [-0.05, 0) is 20.3 Å². The number of carbonyl (C=O) groups excluding carboxylic acids is 1. The fourth-order valence-electron chi connectivity index (χ4n) is 0.837. The van der Waals surface area contributed by atoms with Crippen LogP contribution in [0.2, 0.25) is 0 Å². The van der Waals surface area contributed by atoms with Crippen molar-refractivity contribution in [2.24, 2.45) is 0 Å². The van der Waals surface area contributed by atoms with Crippen molar-refractivity contribution >= 4 is 5.91 Å². The highest BCUT2D eigenvalue weighted by molar-refractivity contribution is 5.83. The highest BCUT2D eigenvalue weighted by Crippen LogP contribution is 1.99. The molecule has 5 nitrogen and oxygen atoms in total. The smallest absolute Gasteiger partial charge is 0.251 e. The largest absolute Gasteiger partial charge is 0.382 e. The van der Waals surface area contributed by atoms with Gasteiger partial charge in [-0.2, -0.15) is 0 Å². The number of carbonyl (C=O) groups is 1. The number of amides is 1. The molecule has 0 aliphatic rings. The molecule has 0 heterocycles. The van der Waals surface area contributed by atoms with Gasteiger partial charge in [-0.25, -0.2) is 0 Å². The van der Waals surface area contributed by atoms with Crippen LogP contribution in [-0.4, -0.2) is 50.1 Å². The van der Waals surface area contributed by atoms with Crippen LogP contribution in [0.3, 0.4) is 0 Å². The molecule has 90 valence electrons. The molecule has 0 aromatic rings. The molecule has 5 heteroatoms. The number of hydrogen-bond acceptors (Lipinski definition) is 4. The van der Waals surface area contributed by atoms with Gasteiger partial charge in [-0.3, -0.25) is 4.79 Å². The molecular weight excluding hydrogens is 198 g/mol. The molecule has 1 amide bonds. The third-order valence-corrected chi connectivity index (χ3v) is 1.74. The fraction of sp³-hybridized carbons (Fsp3) is 0.900. The minimum absolute atomic E-state index is 0.362. The minimum Gasteiger partial charge on any atom is -0.382 e. The first kappa shape index (κ1) is 14.3. The number of methoxy groups -OCH3 is 1. The fourth-order valence-corrected chi connectivity index (χ4v) is 0.837. The van der Waals surface area contributed by atoms with Gasteiger partial charge < -0.3 is 19.9 Å². The molecule has 0 radical (unpaired) electrons. The summed E-state index contributed by atoms with van der Waals surface area (Å²) in [5.74, 6) is -0.362. The molecule has 0 aliphatic carbocycles. The van der Waals surface area contributed by atoms with E-state index in [1.54, 1.807) is 7.11 Å². The summed E-state index contributed by atoms with van der Waals surface area (Å²) in [6.45, 7) is 5.14. The van der Waals surface area contributed by atoms with Gasteiger partial charge >= 0.3 is 0 Å². The summed E-state index contributed by atoms with van der Waals surface area (Å²) in [4.78, 5) is 11.2. The van der Waals surface area contributed by atoms with Crippen molar-refractivity contribution in [2.45, 2.75) is 25.9 Å². The summed E-state index contributed by atoms with van der Waals surface area (Å²) >= 11 is 0. The molecule has 0 saturated carbocycles. The zero-order valence-corrected chi connectivity index (χ0v) is 9.71. The topological polar surface area (TPSA) is 67.8 Å². The summed E-state index contributed by atoms with van der Waals surface area (Å²) in [5, 5.41) is 11.9. The van der Waals surface area contributed by atoms with Crippen LogP contribution in [0.1, 0.15) is 20.3 Å². The number of aliphatic hydroxyl groups is 1. The highest BCUT2D eigenvalue weighted by atomic mass is 16.5. The summed E-state index contributed by atoms with van der Waals surface area (Å²) in [7, 11) is 1.62. The van der Waals surface area contributed by atoms with E-state index in [1.807, 2.05) is 0 Å². The molecule has 0 fully saturated rings. The predicted octanol–water partition coefficient (Wildman–Crippen LogP) is -0.0734. The summed E-state index contributed by atoms with van der Waals surface area (Å²) in [5.41, 5.74) is -1.31. The Morgan fingerprint density at radius 3 is 2.53 bits per heavy atom. The maximum absolute atomic E-state index is 11.2. The SMILES string of the molecule is COCCOCCCNC(=O)C(C)(C)O. The lowest BCUT2D eigenvalue weighted by Gasteiger charge is -2.16. The standard InChI is InChI=1S/C10H21NO4/c1-10(2,13)9(12)11-5-4-6-15-8-7-14-3/h13H,4-8H2,1-3H3,(H,11,12). The van der Waals surface area contributed by atoms with Crippen molar-refractivity contribution in [3.05, 3.63) is 0 Å². The molecule has 0 bridgehead atoms. The quantitative estimate of drug-likeness (QED) is 0.561. The van der Waals surface area contributed by atoms with Crippen molar-refractivity contribution in [1.29, 1.82) is 0 Å². The van der Waals surface area contributed by atoms with E-state index in [9.17, 15) is 9.90 Å². The average Bonchev–Trinajstić information content (AvgIpc) is 2.14. The third kappa shape index (κ3) is 8.35. The Hall–Kier alpha value is -0.650. The third-order valence-electron chi connectivity index (χ3n) is 1.74. The number of nitrogens with one attached hydrogen (secondary N) is 1. The van der Waals surface area contributed by atoms with E-state index in [2.05, 4.69) is 5.32 Å². The monoisotopic (exact) mass is 219 g/mol. The lowest BCUT2D eigenvalue weighted by Crippen LogP contribution is -2.42. The molecule has 0 saturated heterocycles. The van der Waals surface area contributed by atoms with E-state index in [-0.39, 0.29) is 5.91 Å². The molecule has 15 heavy (non-hydrogen) atoms. The lowest BCUT2D eigenvalue weighted by molar-refractivity contribution is -0.136. The second-order valence-corrected chi connectivity index (χ2v) is 3.77. The Bertz CT molecular complexity index is 177. The van der Waals surface area contributed by atoms with Crippen LogP contribution >= 0.6 is 0 Å². The van der Waals surface area contributed by atoms with Crippen LogP contribution in [0.25, 0.3) is 0 Å². The number of ether oxygens (including phenoxy) is 2. The van der Waals surface area contributed by atoms with Crippen LogP contribution in [-0.2, 0) is 14.3 Å². The molecular formula is C10H21NO4. The lowest BCUT2D eigenvalue weighted by atomic mass is 10.1. The Morgan fingerprint density at radius 2 is 2.00 bits per heavy atom. The summed E-state index contributed by atoms with van der Waals surface area (Å²) in [6, 6.07) is 0. The van der Waals surface area contributed by atoms with E-state index in [0.717, 1.165) is 6.42 Å². The maximum Gasteiger partial charge on any atom is 0.251 e. The van der Waals surface area contributed by atoms with Crippen LogP contribution in [0, 0.1) is 0 Å². The zero-order chi connectivity index (χ0) is 11.7. The van der Waals surface area contributed by atoms with Gasteiger partial charge in [0.2, 0.25) is 0 Å². The van der Waals surface area contributed by atoms with Crippen LogP contribution in [0.5, 0.6) is 0 Å². The average molecular weight is 219 g/mol. The molecule has 0 aliphatic heterocycles. The molecule has 0 atom stereocenters. The molecule has 0 aromatic carbocycles. The van der Waals surface area contributed by atoms with Crippen LogP contribution in [0.4, 0.5) is 0 Å². The zero-order valence-electron chi connectivity index (χ0n) is 9.71. The molecule has 0 unspecified atom stereocenters. The van der Waals surface area contributed by atoms with Crippen molar-refractivity contribution in [3.63, 3.8) is 0 Å². The molecule has 0 rings (SSSR count). The van der Waals surface area contributed by atoms with Crippen molar-refractivity contribution in [2.75, 3.05) is 33.5 Å². The van der Waals surface area contributed by atoms with Gasteiger partial charge in [0, 0.05) is 20.3 Å². The van der Waals surface area contributed by atoms with Gasteiger partial charge in [-0.1, -0.05) is 0 Å². The Kier molecular flexibility index (Phi) is 7.29. The van der Waals surface area contributed by atoms with Crippen LogP contribution in [0.15, 0.2) is 0 Å². The summed E-state index contributed by atoms with van der Waals surface area (Å²) < 4.78 is 10.0. The van der Waals surface area contributed by atoms with E-state index in [0.29, 0.717) is 26.4 Å².